The molecule has 118 valence electrons. The van der Waals surface area contributed by atoms with E-state index in [1.165, 1.54) is 0 Å². The number of methoxy groups -OCH3 is 1. The minimum Gasteiger partial charge on any atom is -0.475 e. The quantitative estimate of drug-likeness (QED) is 0.718. The summed E-state index contributed by atoms with van der Waals surface area (Å²) in [7, 11) is 1.65. The Morgan fingerprint density at radius 2 is 1.95 bits per heavy atom. The lowest BCUT2D eigenvalue weighted by molar-refractivity contribution is 0.143. The summed E-state index contributed by atoms with van der Waals surface area (Å²) in [6.45, 7) is 3.80. The first-order valence-electron chi connectivity index (χ1n) is 7.44. The summed E-state index contributed by atoms with van der Waals surface area (Å²) in [4.78, 5) is 12.9. The first kappa shape index (κ1) is 16.2. The van der Waals surface area contributed by atoms with Crippen LogP contribution in [0.2, 0.25) is 0 Å². The van der Waals surface area contributed by atoms with Crippen LogP contribution in [0.1, 0.15) is 24.7 Å². The summed E-state index contributed by atoms with van der Waals surface area (Å²) in [5, 5.41) is 3.30. The fourth-order valence-corrected chi connectivity index (χ4v) is 1.90. The number of aromatic nitrogens is 3. The average molecular weight is 302 g/mol. The van der Waals surface area contributed by atoms with Crippen LogP contribution in [0.25, 0.3) is 0 Å². The van der Waals surface area contributed by atoms with Gasteiger partial charge in [-0.2, -0.15) is 4.98 Å². The monoisotopic (exact) mass is 302 g/mol. The van der Waals surface area contributed by atoms with Crippen molar-refractivity contribution in [3.63, 3.8) is 0 Å². The van der Waals surface area contributed by atoms with Crippen molar-refractivity contribution in [1.29, 1.82) is 0 Å². The first-order chi connectivity index (χ1) is 10.8. The van der Waals surface area contributed by atoms with Gasteiger partial charge in [0.25, 0.3) is 0 Å². The average Bonchev–Trinajstić information content (AvgIpc) is 2.54. The smallest absolute Gasteiger partial charge is 0.218 e. The van der Waals surface area contributed by atoms with E-state index in [-0.39, 0.29) is 0 Å². The van der Waals surface area contributed by atoms with Crippen LogP contribution in [0.3, 0.4) is 0 Å². The number of nitrogens with one attached hydrogen (secondary N) is 1. The number of hydrogen-bond acceptors (Lipinski definition) is 6. The third-order valence-corrected chi connectivity index (χ3v) is 2.98. The topological polar surface area (TPSA) is 69.2 Å². The maximum Gasteiger partial charge on any atom is 0.218 e. The van der Waals surface area contributed by atoms with Crippen LogP contribution >= 0.6 is 0 Å². The first-order valence-corrected chi connectivity index (χ1v) is 7.44. The van der Waals surface area contributed by atoms with Gasteiger partial charge in [0.2, 0.25) is 5.88 Å². The van der Waals surface area contributed by atoms with Crippen molar-refractivity contribution < 1.29 is 9.47 Å². The summed E-state index contributed by atoms with van der Waals surface area (Å²) < 4.78 is 10.6. The molecule has 0 spiro atoms. The second-order valence-corrected chi connectivity index (χ2v) is 4.81. The second kappa shape index (κ2) is 8.94. The molecule has 2 heterocycles. The summed E-state index contributed by atoms with van der Waals surface area (Å²) in [5.41, 5.74) is 1.15. The summed E-state index contributed by atoms with van der Waals surface area (Å²) in [6.07, 6.45) is 5.37. The Hall–Kier alpha value is -2.21. The zero-order chi connectivity index (χ0) is 15.6. The molecule has 6 heteroatoms. The Labute approximate surface area is 130 Å². The summed E-state index contributed by atoms with van der Waals surface area (Å²) in [5.74, 6) is 2.13. The zero-order valence-corrected chi connectivity index (χ0v) is 13.1. The van der Waals surface area contributed by atoms with E-state index >= 15 is 0 Å². The van der Waals surface area contributed by atoms with E-state index in [2.05, 4.69) is 27.2 Å². The Balaban J connectivity index is 2.04. The number of nitrogens with zero attached hydrogens (tertiary/aromatic N) is 3. The lowest BCUT2D eigenvalue weighted by Crippen LogP contribution is -2.09. The fraction of sp³-hybridized carbons (Fsp3) is 0.438. The number of hydrogen-bond donors (Lipinski definition) is 1. The lowest BCUT2D eigenvalue weighted by atomic mass is 10.3. The van der Waals surface area contributed by atoms with Crippen molar-refractivity contribution in [2.24, 2.45) is 0 Å². The van der Waals surface area contributed by atoms with E-state index in [4.69, 9.17) is 9.47 Å². The highest BCUT2D eigenvalue weighted by atomic mass is 16.5. The number of anilines is 1. The largest absolute Gasteiger partial charge is 0.475 e. The fourth-order valence-electron chi connectivity index (χ4n) is 1.90. The van der Waals surface area contributed by atoms with Crippen molar-refractivity contribution in [2.45, 2.75) is 26.3 Å². The molecule has 0 amide bonds. The molecule has 0 bridgehead atoms. The molecule has 0 aliphatic heterocycles. The second-order valence-electron chi connectivity index (χ2n) is 4.81. The van der Waals surface area contributed by atoms with Gasteiger partial charge in [-0.15, -0.1) is 0 Å². The molecular formula is C16H22N4O2. The third kappa shape index (κ3) is 5.29. The minimum atomic E-state index is 0.475. The highest BCUT2D eigenvalue weighted by Gasteiger charge is 2.05. The van der Waals surface area contributed by atoms with Crippen molar-refractivity contribution >= 4 is 5.82 Å². The van der Waals surface area contributed by atoms with Gasteiger partial charge < -0.3 is 14.8 Å². The van der Waals surface area contributed by atoms with E-state index < -0.39 is 0 Å². The maximum absolute atomic E-state index is 5.60. The molecule has 0 fully saturated rings. The summed E-state index contributed by atoms with van der Waals surface area (Å²) in [6, 6.07) is 5.75. The summed E-state index contributed by atoms with van der Waals surface area (Å²) >= 11 is 0. The molecule has 6 nitrogen and oxygen atoms in total. The van der Waals surface area contributed by atoms with Gasteiger partial charge in [0.05, 0.1) is 6.61 Å². The third-order valence-electron chi connectivity index (χ3n) is 2.98. The van der Waals surface area contributed by atoms with Crippen LogP contribution in [0.4, 0.5) is 5.82 Å². The van der Waals surface area contributed by atoms with E-state index in [0.717, 1.165) is 30.0 Å². The molecule has 0 aliphatic carbocycles. The Bertz CT molecular complexity index is 563. The number of ether oxygens (including phenoxy) is 2. The maximum atomic E-state index is 5.60. The van der Waals surface area contributed by atoms with Crippen molar-refractivity contribution in [3.8, 4) is 5.88 Å². The lowest BCUT2D eigenvalue weighted by Gasteiger charge is -2.10. The molecule has 0 radical (unpaired) electrons. The molecule has 2 rings (SSSR count). The molecular weight excluding hydrogens is 280 g/mol. The van der Waals surface area contributed by atoms with Crippen molar-refractivity contribution in [1.82, 2.24) is 15.0 Å². The van der Waals surface area contributed by atoms with Gasteiger partial charge in [-0.1, -0.05) is 6.92 Å². The van der Waals surface area contributed by atoms with E-state index in [1.54, 1.807) is 19.5 Å². The van der Waals surface area contributed by atoms with Crippen LogP contribution in [0.15, 0.2) is 30.6 Å². The highest BCUT2D eigenvalue weighted by Crippen LogP contribution is 2.15. The van der Waals surface area contributed by atoms with Gasteiger partial charge in [0.1, 0.15) is 18.2 Å². The van der Waals surface area contributed by atoms with Crippen LogP contribution in [0, 0.1) is 0 Å². The van der Waals surface area contributed by atoms with Crippen LogP contribution in [-0.4, -0.2) is 35.3 Å². The van der Waals surface area contributed by atoms with Crippen molar-refractivity contribution in [3.05, 3.63) is 42.0 Å². The SMILES string of the molecule is CCCc1nc(NCc2ccncc2)cc(OCCOC)n1. The van der Waals surface area contributed by atoms with Crippen LogP contribution in [-0.2, 0) is 17.7 Å². The molecule has 0 atom stereocenters. The Morgan fingerprint density at radius 3 is 2.68 bits per heavy atom. The molecule has 2 aromatic rings. The predicted octanol–water partition coefficient (Wildman–Crippen LogP) is 2.46. The normalized spacial score (nSPS) is 10.5. The highest BCUT2D eigenvalue weighted by molar-refractivity contribution is 5.39. The molecule has 0 aromatic carbocycles. The predicted molar refractivity (Wildman–Crippen MR) is 85.0 cm³/mol. The van der Waals surface area contributed by atoms with Crippen LogP contribution < -0.4 is 10.1 Å². The van der Waals surface area contributed by atoms with Gasteiger partial charge in [0.15, 0.2) is 0 Å². The van der Waals surface area contributed by atoms with Gasteiger partial charge in [0, 0.05) is 38.5 Å². The van der Waals surface area contributed by atoms with E-state index in [0.29, 0.717) is 25.6 Å². The van der Waals surface area contributed by atoms with Gasteiger partial charge in [-0.3, -0.25) is 4.98 Å². The Morgan fingerprint density at radius 1 is 1.14 bits per heavy atom. The molecule has 0 saturated heterocycles. The Kier molecular flexibility index (Phi) is 6.57. The number of aryl methyl sites for hydroxylation is 1. The molecule has 0 unspecified atom stereocenters. The number of rotatable bonds is 9. The zero-order valence-electron chi connectivity index (χ0n) is 13.1. The van der Waals surface area contributed by atoms with Crippen molar-refractivity contribution in [2.75, 3.05) is 25.6 Å². The standard InChI is InChI=1S/C16H22N4O2/c1-3-4-14-19-15(11-16(20-14)22-10-9-21-2)18-12-13-5-7-17-8-6-13/h5-8,11H,3-4,9-10,12H2,1-2H3,(H,18,19,20). The van der Waals surface area contributed by atoms with Gasteiger partial charge >= 0.3 is 0 Å². The molecule has 2 aromatic heterocycles. The molecule has 0 aliphatic rings. The van der Waals surface area contributed by atoms with Gasteiger partial charge in [-0.05, 0) is 24.1 Å². The minimum absolute atomic E-state index is 0.475. The van der Waals surface area contributed by atoms with E-state index in [1.807, 2.05) is 18.2 Å². The van der Waals surface area contributed by atoms with E-state index in [9.17, 15) is 0 Å². The van der Waals surface area contributed by atoms with Crippen LogP contribution in [0.5, 0.6) is 5.88 Å². The molecule has 1 N–H and O–H groups in total. The molecule has 0 saturated carbocycles. The molecule has 22 heavy (non-hydrogen) atoms. The van der Waals surface area contributed by atoms with Gasteiger partial charge in [-0.25, -0.2) is 4.98 Å². The number of pyridine rings is 1.